The summed E-state index contributed by atoms with van der Waals surface area (Å²) in [5, 5.41) is 8.70. The predicted octanol–water partition coefficient (Wildman–Crippen LogP) is 0.523. The summed E-state index contributed by atoms with van der Waals surface area (Å²) in [6, 6.07) is 0. The van der Waals surface area contributed by atoms with E-state index < -0.39 is 29.8 Å². The molecule has 0 rings (SSSR count). The van der Waals surface area contributed by atoms with Crippen LogP contribution in [0.4, 0.5) is 8.78 Å². The van der Waals surface area contributed by atoms with Gasteiger partial charge in [0.25, 0.3) is 16.6 Å². The van der Waals surface area contributed by atoms with Crippen LogP contribution in [0.5, 0.6) is 0 Å². The van der Waals surface area contributed by atoms with E-state index in [0.717, 1.165) is 10.7 Å². The van der Waals surface area contributed by atoms with Crippen molar-refractivity contribution < 1.29 is 22.3 Å². The molecule has 0 saturated heterocycles. The van der Waals surface area contributed by atoms with E-state index in [0.29, 0.717) is 10.7 Å². The Labute approximate surface area is 101 Å². The van der Waals surface area contributed by atoms with Crippen molar-refractivity contribution in [3.8, 4) is 0 Å². The predicted molar refractivity (Wildman–Crippen MR) is 61.1 cm³/mol. The van der Waals surface area contributed by atoms with Gasteiger partial charge < -0.3 is 5.11 Å². The Morgan fingerprint density at radius 2 is 1.88 bits per heavy atom. The molecule has 17 heavy (non-hydrogen) atoms. The number of aliphatic hydroxyl groups is 1. The molecule has 0 bridgehead atoms. The molecule has 8 heteroatoms. The van der Waals surface area contributed by atoms with Crippen molar-refractivity contribution in [1.82, 2.24) is 8.61 Å². The molecular formula is C9H20F2N2O3S. The van der Waals surface area contributed by atoms with E-state index in [1.807, 2.05) is 6.92 Å². The highest BCUT2D eigenvalue weighted by Gasteiger charge is 2.28. The molecule has 0 aromatic carbocycles. The van der Waals surface area contributed by atoms with Crippen molar-refractivity contribution in [2.24, 2.45) is 0 Å². The Morgan fingerprint density at radius 1 is 1.29 bits per heavy atom. The molecule has 0 radical (unpaired) electrons. The lowest BCUT2D eigenvalue weighted by atomic mass is 10.3. The van der Waals surface area contributed by atoms with Gasteiger partial charge in [0.2, 0.25) is 0 Å². The average molecular weight is 274 g/mol. The molecular weight excluding hydrogens is 254 g/mol. The van der Waals surface area contributed by atoms with Crippen LogP contribution in [0.25, 0.3) is 0 Å². The number of halogens is 2. The van der Waals surface area contributed by atoms with Gasteiger partial charge in [-0.15, -0.1) is 0 Å². The van der Waals surface area contributed by atoms with Gasteiger partial charge in [0.05, 0.1) is 13.2 Å². The molecule has 0 aromatic rings. The summed E-state index contributed by atoms with van der Waals surface area (Å²) in [6.07, 6.45) is -1.28. The van der Waals surface area contributed by atoms with Gasteiger partial charge in [0, 0.05) is 20.1 Å². The zero-order valence-corrected chi connectivity index (χ0v) is 11.0. The maximum atomic E-state index is 12.2. The molecule has 1 N–H and O–H groups in total. The van der Waals surface area contributed by atoms with E-state index >= 15 is 0 Å². The first-order valence-electron chi connectivity index (χ1n) is 5.46. The zero-order valence-electron chi connectivity index (χ0n) is 10.1. The molecule has 0 aliphatic heterocycles. The summed E-state index contributed by atoms with van der Waals surface area (Å²) in [7, 11) is -2.56. The number of unbranched alkanes of at least 4 members (excludes halogenated alkanes) is 1. The molecule has 0 aromatic heterocycles. The van der Waals surface area contributed by atoms with E-state index in [4.69, 9.17) is 5.11 Å². The molecule has 0 atom stereocenters. The van der Waals surface area contributed by atoms with Crippen molar-refractivity contribution in [3.63, 3.8) is 0 Å². The number of hydrogen-bond donors (Lipinski definition) is 1. The number of aliphatic hydroxyl groups excluding tert-OH is 1. The van der Waals surface area contributed by atoms with Gasteiger partial charge in [-0.05, 0) is 6.42 Å². The monoisotopic (exact) mass is 274 g/mol. The minimum atomic E-state index is -3.90. The second kappa shape index (κ2) is 7.91. The lowest BCUT2D eigenvalue weighted by molar-refractivity contribution is 0.110. The highest BCUT2D eigenvalue weighted by molar-refractivity contribution is 7.86. The molecule has 0 aliphatic carbocycles. The molecule has 0 unspecified atom stereocenters. The molecule has 104 valence electrons. The van der Waals surface area contributed by atoms with E-state index in [-0.39, 0.29) is 13.1 Å². The first-order chi connectivity index (χ1) is 7.86. The van der Waals surface area contributed by atoms with Gasteiger partial charge in [-0.3, -0.25) is 0 Å². The molecule has 0 spiro atoms. The molecule has 0 aliphatic rings. The van der Waals surface area contributed by atoms with Crippen LogP contribution < -0.4 is 0 Å². The van der Waals surface area contributed by atoms with E-state index in [2.05, 4.69) is 0 Å². The summed E-state index contributed by atoms with van der Waals surface area (Å²) in [5.74, 6) is 0. The van der Waals surface area contributed by atoms with E-state index in [1.54, 1.807) is 0 Å². The van der Waals surface area contributed by atoms with Crippen LogP contribution in [0.1, 0.15) is 19.8 Å². The Bertz CT molecular complexity index is 299. The summed E-state index contributed by atoms with van der Waals surface area (Å²) in [4.78, 5) is 0. The summed E-state index contributed by atoms with van der Waals surface area (Å²) < 4.78 is 49.9. The lowest BCUT2D eigenvalue weighted by Gasteiger charge is -2.26. The highest BCUT2D eigenvalue weighted by Crippen LogP contribution is 2.10. The van der Waals surface area contributed by atoms with Gasteiger partial charge in [0.15, 0.2) is 0 Å². The standard InChI is InChI=1S/C9H20F2N2O3S/c1-3-4-5-12(2)17(15,16)13(6-7-14)8-9(10)11/h9,14H,3-8H2,1-2H3. The Balaban J connectivity index is 4.69. The van der Waals surface area contributed by atoms with Crippen LogP contribution in [-0.4, -0.2) is 61.8 Å². The Hall–Kier alpha value is -0.310. The third-order valence-corrected chi connectivity index (χ3v) is 4.19. The molecule has 0 fully saturated rings. The third-order valence-electron chi connectivity index (χ3n) is 2.24. The summed E-state index contributed by atoms with van der Waals surface area (Å²) in [6.45, 7) is 0.505. The van der Waals surface area contributed by atoms with E-state index in [9.17, 15) is 17.2 Å². The zero-order chi connectivity index (χ0) is 13.5. The Morgan fingerprint density at radius 3 is 2.29 bits per heavy atom. The maximum absolute atomic E-state index is 12.2. The quantitative estimate of drug-likeness (QED) is 0.667. The fourth-order valence-electron chi connectivity index (χ4n) is 1.26. The van der Waals surface area contributed by atoms with Crippen LogP contribution in [0, 0.1) is 0 Å². The van der Waals surface area contributed by atoms with Crippen molar-refractivity contribution in [1.29, 1.82) is 0 Å². The van der Waals surface area contributed by atoms with Crippen LogP contribution in [-0.2, 0) is 10.2 Å². The fourth-order valence-corrected chi connectivity index (χ4v) is 2.63. The maximum Gasteiger partial charge on any atom is 0.281 e. The first kappa shape index (κ1) is 16.7. The van der Waals surface area contributed by atoms with E-state index in [1.165, 1.54) is 7.05 Å². The minimum Gasteiger partial charge on any atom is -0.395 e. The topological polar surface area (TPSA) is 60.9 Å². The largest absolute Gasteiger partial charge is 0.395 e. The van der Waals surface area contributed by atoms with Crippen LogP contribution in [0.3, 0.4) is 0 Å². The summed E-state index contributed by atoms with van der Waals surface area (Å²) >= 11 is 0. The van der Waals surface area contributed by atoms with Gasteiger partial charge in [-0.2, -0.15) is 17.0 Å². The summed E-state index contributed by atoms with van der Waals surface area (Å²) in [5.41, 5.74) is 0. The fraction of sp³-hybridized carbons (Fsp3) is 1.00. The van der Waals surface area contributed by atoms with Gasteiger partial charge in [0.1, 0.15) is 0 Å². The lowest BCUT2D eigenvalue weighted by Crippen LogP contribution is -2.45. The van der Waals surface area contributed by atoms with Crippen LogP contribution >= 0.6 is 0 Å². The second-order valence-electron chi connectivity index (χ2n) is 3.66. The smallest absolute Gasteiger partial charge is 0.281 e. The van der Waals surface area contributed by atoms with Crippen molar-refractivity contribution >= 4 is 10.2 Å². The highest BCUT2D eigenvalue weighted by atomic mass is 32.2. The SMILES string of the molecule is CCCCN(C)S(=O)(=O)N(CCO)CC(F)F. The number of hydrogen-bond acceptors (Lipinski definition) is 3. The molecule has 5 nitrogen and oxygen atoms in total. The normalized spacial score (nSPS) is 12.9. The van der Waals surface area contributed by atoms with Gasteiger partial charge >= 0.3 is 0 Å². The average Bonchev–Trinajstić information content (AvgIpc) is 2.24. The van der Waals surface area contributed by atoms with Crippen LogP contribution in [0.2, 0.25) is 0 Å². The van der Waals surface area contributed by atoms with Crippen molar-refractivity contribution in [3.05, 3.63) is 0 Å². The minimum absolute atomic E-state index is 0.282. The number of nitrogens with zero attached hydrogens (tertiary/aromatic N) is 2. The number of rotatable bonds is 9. The second-order valence-corrected chi connectivity index (χ2v) is 5.69. The van der Waals surface area contributed by atoms with Crippen molar-refractivity contribution in [2.75, 3.05) is 33.3 Å². The molecule has 0 amide bonds. The number of alkyl halides is 2. The third kappa shape index (κ3) is 5.71. The molecule has 0 heterocycles. The van der Waals surface area contributed by atoms with Gasteiger partial charge in [-0.1, -0.05) is 13.3 Å². The van der Waals surface area contributed by atoms with Crippen LogP contribution in [0.15, 0.2) is 0 Å². The van der Waals surface area contributed by atoms with Crippen molar-refractivity contribution in [2.45, 2.75) is 26.2 Å². The first-order valence-corrected chi connectivity index (χ1v) is 6.86. The molecule has 0 saturated carbocycles. The van der Waals surface area contributed by atoms with Gasteiger partial charge in [-0.25, -0.2) is 8.78 Å². The Kier molecular flexibility index (Phi) is 7.77.